The van der Waals surface area contributed by atoms with Crippen LogP contribution < -0.4 is 10.1 Å². The van der Waals surface area contributed by atoms with Gasteiger partial charge in [0, 0.05) is 24.6 Å². The Morgan fingerprint density at radius 2 is 1.73 bits per heavy atom. The van der Waals surface area contributed by atoms with E-state index in [-0.39, 0.29) is 24.3 Å². The summed E-state index contributed by atoms with van der Waals surface area (Å²) in [6, 6.07) is 21.6. The van der Waals surface area contributed by atoms with Gasteiger partial charge in [-0.1, -0.05) is 62.2 Å². The molecule has 1 aliphatic heterocycles. The number of hydrogen-bond donors (Lipinski definition) is 2. The van der Waals surface area contributed by atoms with E-state index in [1.54, 1.807) is 12.1 Å². The molecule has 41 heavy (non-hydrogen) atoms. The molecule has 0 aliphatic carbocycles. The number of benzene rings is 3. The van der Waals surface area contributed by atoms with Gasteiger partial charge < -0.3 is 20.1 Å². The Hall–Kier alpha value is -3.36. The van der Waals surface area contributed by atoms with Crippen molar-refractivity contribution in [1.29, 1.82) is 0 Å². The van der Waals surface area contributed by atoms with Gasteiger partial charge in [-0.25, -0.2) is 0 Å². The van der Waals surface area contributed by atoms with Gasteiger partial charge in [0.25, 0.3) is 5.91 Å². The Morgan fingerprint density at radius 1 is 1.02 bits per heavy atom. The molecule has 2 N–H and O–H groups in total. The summed E-state index contributed by atoms with van der Waals surface area (Å²) in [5.41, 5.74) is 1.68. The smallest absolute Gasteiger partial charge is 0.416 e. The Labute approximate surface area is 240 Å². The van der Waals surface area contributed by atoms with Crippen molar-refractivity contribution in [2.24, 2.45) is 5.92 Å². The van der Waals surface area contributed by atoms with Crippen molar-refractivity contribution in [2.75, 3.05) is 32.8 Å². The van der Waals surface area contributed by atoms with Gasteiger partial charge in [0.15, 0.2) is 0 Å². The number of piperidine rings is 1. The number of carbonyl (C=O) groups excluding carboxylic acids is 1. The Balaban J connectivity index is 1.39. The fourth-order valence-corrected chi connectivity index (χ4v) is 5.41. The molecule has 3 aromatic carbocycles. The lowest BCUT2D eigenvalue weighted by molar-refractivity contribution is -0.137. The van der Waals surface area contributed by atoms with E-state index in [9.17, 15) is 23.1 Å². The fourth-order valence-electron chi connectivity index (χ4n) is 5.41. The summed E-state index contributed by atoms with van der Waals surface area (Å²) in [4.78, 5) is 15.2. The molecule has 0 aromatic heterocycles. The van der Waals surface area contributed by atoms with E-state index in [1.807, 2.05) is 42.5 Å². The minimum atomic E-state index is -4.38. The lowest BCUT2D eigenvalue weighted by Crippen LogP contribution is -2.42. The maximum atomic E-state index is 13.0. The quantitative estimate of drug-likeness (QED) is 0.235. The first kappa shape index (κ1) is 30.6. The molecule has 0 radical (unpaired) electrons. The molecule has 1 aliphatic rings. The highest BCUT2D eigenvalue weighted by Crippen LogP contribution is 2.35. The number of rotatable bonds is 12. The van der Waals surface area contributed by atoms with Crippen LogP contribution in [0, 0.1) is 5.92 Å². The van der Waals surface area contributed by atoms with E-state index < -0.39 is 17.8 Å². The third-order valence-corrected chi connectivity index (χ3v) is 7.78. The summed E-state index contributed by atoms with van der Waals surface area (Å²) in [5.74, 6) is 0.515. The summed E-state index contributed by atoms with van der Waals surface area (Å²) in [5, 5.41) is 13.2. The second-order valence-electron chi connectivity index (χ2n) is 10.8. The van der Waals surface area contributed by atoms with Crippen LogP contribution in [0.5, 0.6) is 5.75 Å². The summed E-state index contributed by atoms with van der Waals surface area (Å²) < 4.78 is 44.9. The molecule has 0 saturated carbocycles. The van der Waals surface area contributed by atoms with Crippen LogP contribution in [0.2, 0.25) is 0 Å². The number of likely N-dealkylation sites (tertiary alicyclic amines) is 1. The molecule has 0 bridgehead atoms. The molecule has 5 nitrogen and oxygen atoms in total. The third kappa shape index (κ3) is 8.81. The predicted octanol–water partition coefficient (Wildman–Crippen LogP) is 6.84. The SMILES string of the molecule is CCCCCN1CC[C@@H](c2ccc(C(=O)NCC(O)c3ccccc3)cc2)[C@H](COc2ccc(C(F)(F)F)cc2)C1. The van der Waals surface area contributed by atoms with Crippen LogP contribution in [-0.2, 0) is 6.18 Å². The lowest BCUT2D eigenvalue weighted by Gasteiger charge is -2.39. The molecule has 3 aromatic rings. The largest absolute Gasteiger partial charge is 0.493 e. The normalized spacial score (nSPS) is 18.6. The van der Waals surface area contributed by atoms with Crippen molar-refractivity contribution < 1.29 is 27.8 Å². The van der Waals surface area contributed by atoms with E-state index >= 15 is 0 Å². The van der Waals surface area contributed by atoms with Crippen LogP contribution >= 0.6 is 0 Å². The third-order valence-electron chi connectivity index (χ3n) is 7.78. The van der Waals surface area contributed by atoms with Crippen molar-refractivity contribution in [3.05, 3.63) is 101 Å². The zero-order chi connectivity index (χ0) is 29.2. The number of nitrogens with one attached hydrogen (secondary N) is 1. The first-order valence-electron chi connectivity index (χ1n) is 14.4. The summed E-state index contributed by atoms with van der Waals surface area (Å²) in [7, 11) is 0. The molecular formula is C33H39F3N2O3. The summed E-state index contributed by atoms with van der Waals surface area (Å²) in [6.07, 6.45) is -0.761. The minimum Gasteiger partial charge on any atom is -0.493 e. The number of aliphatic hydroxyl groups excluding tert-OH is 1. The number of carbonyl (C=O) groups is 1. The number of alkyl halides is 3. The molecule has 8 heteroatoms. The highest BCUT2D eigenvalue weighted by molar-refractivity contribution is 5.94. The molecule has 0 spiro atoms. The van der Waals surface area contributed by atoms with Crippen LogP contribution in [0.15, 0.2) is 78.9 Å². The van der Waals surface area contributed by atoms with Crippen molar-refractivity contribution >= 4 is 5.91 Å². The van der Waals surface area contributed by atoms with Gasteiger partial charge in [-0.15, -0.1) is 0 Å². The van der Waals surface area contributed by atoms with Gasteiger partial charge in [0.1, 0.15) is 5.75 Å². The Morgan fingerprint density at radius 3 is 2.39 bits per heavy atom. The average Bonchev–Trinajstić information content (AvgIpc) is 2.99. The van der Waals surface area contributed by atoms with E-state index in [0.29, 0.717) is 17.9 Å². The van der Waals surface area contributed by atoms with Gasteiger partial charge >= 0.3 is 6.18 Å². The standard InChI is InChI=1S/C33H39F3N2O3/c1-2-3-7-19-38-20-18-30(27(22-38)23-41-29-16-14-28(15-17-29)33(34,35)36)24-10-12-26(13-11-24)32(40)37-21-31(39)25-8-5-4-6-9-25/h4-6,8-17,27,30-31,39H,2-3,7,18-23H2,1H3,(H,37,40)/t27-,30-,31?/m0/s1. The molecule has 4 rings (SSSR count). The van der Waals surface area contributed by atoms with Gasteiger partial charge in [0.05, 0.1) is 18.3 Å². The van der Waals surface area contributed by atoms with Crippen molar-refractivity contribution in [2.45, 2.75) is 50.8 Å². The number of unbranched alkanes of at least 4 members (excludes halogenated alkanes) is 2. The first-order chi connectivity index (χ1) is 19.7. The second-order valence-corrected chi connectivity index (χ2v) is 10.8. The molecule has 1 unspecified atom stereocenters. The Bertz CT molecular complexity index is 1220. The fraction of sp³-hybridized carbons (Fsp3) is 0.424. The van der Waals surface area contributed by atoms with Crippen molar-refractivity contribution in [1.82, 2.24) is 10.2 Å². The highest BCUT2D eigenvalue weighted by atomic mass is 19.4. The molecular weight excluding hydrogens is 529 g/mol. The topological polar surface area (TPSA) is 61.8 Å². The minimum absolute atomic E-state index is 0.116. The van der Waals surface area contributed by atoms with Crippen LogP contribution in [0.3, 0.4) is 0 Å². The molecule has 3 atom stereocenters. The predicted molar refractivity (Wildman–Crippen MR) is 154 cm³/mol. The first-order valence-corrected chi connectivity index (χ1v) is 14.4. The second kappa shape index (κ2) is 14.5. The van der Waals surface area contributed by atoms with Gasteiger partial charge in [-0.3, -0.25) is 4.79 Å². The van der Waals surface area contributed by atoms with Crippen molar-refractivity contribution in [3.63, 3.8) is 0 Å². The monoisotopic (exact) mass is 568 g/mol. The molecule has 1 amide bonds. The van der Waals surface area contributed by atoms with Crippen LogP contribution in [0.1, 0.15) is 71.7 Å². The Kier molecular flexibility index (Phi) is 10.8. The van der Waals surface area contributed by atoms with E-state index in [0.717, 1.165) is 62.2 Å². The maximum absolute atomic E-state index is 13.0. The summed E-state index contributed by atoms with van der Waals surface area (Å²) >= 11 is 0. The van der Waals surface area contributed by atoms with Gasteiger partial charge in [-0.05, 0) is 79.4 Å². The average molecular weight is 569 g/mol. The maximum Gasteiger partial charge on any atom is 0.416 e. The number of amides is 1. The zero-order valence-corrected chi connectivity index (χ0v) is 23.4. The number of nitrogens with zero attached hydrogens (tertiary/aromatic N) is 1. The molecule has 1 fully saturated rings. The van der Waals surface area contributed by atoms with Gasteiger partial charge in [-0.2, -0.15) is 13.2 Å². The number of halogens is 3. The van der Waals surface area contributed by atoms with Crippen molar-refractivity contribution in [3.8, 4) is 5.75 Å². The number of ether oxygens (including phenoxy) is 1. The van der Waals surface area contributed by atoms with E-state index in [1.165, 1.54) is 18.6 Å². The van der Waals surface area contributed by atoms with E-state index in [2.05, 4.69) is 17.1 Å². The van der Waals surface area contributed by atoms with Crippen LogP contribution in [-0.4, -0.2) is 48.7 Å². The van der Waals surface area contributed by atoms with E-state index in [4.69, 9.17) is 4.74 Å². The molecule has 220 valence electrons. The number of aliphatic hydroxyl groups is 1. The van der Waals surface area contributed by atoms with Gasteiger partial charge in [0.2, 0.25) is 0 Å². The number of hydrogen-bond acceptors (Lipinski definition) is 4. The zero-order valence-electron chi connectivity index (χ0n) is 23.4. The summed E-state index contributed by atoms with van der Waals surface area (Å²) in [6.45, 7) is 5.51. The molecule has 1 heterocycles. The van der Waals surface area contributed by atoms with Crippen LogP contribution in [0.4, 0.5) is 13.2 Å². The van der Waals surface area contributed by atoms with Crippen LogP contribution in [0.25, 0.3) is 0 Å². The highest BCUT2D eigenvalue weighted by Gasteiger charge is 2.32. The lowest BCUT2D eigenvalue weighted by atomic mass is 9.80. The molecule has 1 saturated heterocycles.